The summed E-state index contributed by atoms with van der Waals surface area (Å²) in [6.07, 6.45) is 5.47. The average Bonchev–Trinajstić information content (AvgIpc) is 3.39. The van der Waals surface area contributed by atoms with Crippen molar-refractivity contribution in [3.63, 3.8) is 0 Å². The third-order valence-corrected chi connectivity index (χ3v) is 5.25. The topological polar surface area (TPSA) is 64.8 Å². The number of methoxy groups -OCH3 is 1. The van der Waals surface area contributed by atoms with Gasteiger partial charge in [-0.15, -0.1) is 0 Å². The average molecular weight is 460 g/mol. The number of carbonyl (C=O) groups is 1. The zero-order valence-electron chi connectivity index (χ0n) is 17.9. The van der Waals surface area contributed by atoms with Crippen LogP contribution in [0.2, 0.25) is 5.02 Å². The number of amides is 1. The van der Waals surface area contributed by atoms with E-state index in [1.165, 1.54) is 0 Å². The SMILES string of the molecule is COc1ccc(/C=N/NC(=O)c2ccc(-n3cccc3)cc2)cc1COc1ccccc1Cl. The molecule has 0 fully saturated rings. The molecule has 3 aromatic carbocycles. The van der Waals surface area contributed by atoms with Crippen molar-refractivity contribution in [2.24, 2.45) is 5.10 Å². The molecule has 7 heteroatoms. The Morgan fingerprint density at radius 3 is 2.48 bits per heavy atom. The van der Waals surface area contributed by atoms with Crippen molar-refractivity contribution in [2.45, 2.75) is 6.61 Å². The number of hydrazone groups is 1. The standard InChI is InChI=1S/C26H22ClN3O3/c1-32-24-13-8-19(16-21(24)18-33-25-7-3-2-6-23(25)27)17-28-29-26(31)20-9-11-22(12-10-20)30-14-4-5-15-30/h2-17H,18H2,1H3,(H,29,31)/b28-17+. The van der Waals surface area contributed by atoms with Crippen molar-refractivity contribution in [1.82, 2.24) is 9.99 Å². The molecule has 1 heterocycles. The molecule has 33 heavy (non-hydrogen) atoms. The highest BCUT2D eigenvalue weighted by Crippen LogP contribution is 2.26. The number of hydrogen-bond donors (Lipinski definition) is 1. The number of nitrogens with zero attached hydrogens (tertiary/aromatic N) is 2. The molecule has 0 spiro atoms. The van der Waals surface area contributed by atoms with Crippen LogP contribution in [0.4, 0.5) is 0 Å². The first-order chi connectivity index (χ1) is 16.1. The summed E-state index contributed by atoms with van der Waals surface area (Å²) in [5.41, 5.74) is 5.67. The number of benzene rings is 3. The Balaban J connectivity index is 1.39. The number of hydrogen-bond acceptors (Lipinski definition) is 4. The van der Waals surface area contributed by atoms with Gasteiger partial charge in [0, 0.05) is 29.2 Å². The van der Waals surface area contributed by atoms with Crippen LogP contribution in [0.3, 0.4) is 0 Å². The largest absolute Gasteiger partial charge is 0.496 e. The van der Waals surface area contributed by atoms with Gasteiger partial charge >= 0.3 is 0 Å². The molecule has 4 aromatic rings. The zero-order chi connectivity index (χ0) is 23.0. The maximum Gasteiger partial charge on any atom is 0.271 e. The molecule has 0 bridgehead atoms. The Morgan fingerprint density at radius 1 is 1.00 bits per heavy atom. The number of para-hydroxylation sites is 1. The molecule has 166 valence electrons. The van der Waals surface area contributed by atoms with Gasteiger partial charge in [0.1, 0.15) is 18.1 Å². The first kappa shape index (κ1) is 22.2. The molecule has 0 aliphatic heterocycles. The third-order valence-electron chi connectivity index (χ3n) is 4.94. The van der Waals surface area contributed by atoms with Crippen molar-refractivity contribution in [2.75, 3.05) is 7.11 Å². The number of carbonyl (C=O) groups excluding carboxylic acids is 1. The fraction of sp³-hybridized carbons (Fsp3) is 0.0769. The van der Waals surface area contributed by atoms with Gasteiger partial charge in [0.25, 0.3) is 5.91 Å². The second-order valence-corrected chi connectivity index (χ2v) is 7.53. The van der Waals surface area contributed by atoms with Crippen LogP contribution in [0, 0.1) is 0 Å². The second kappa shape index (κ2) is 10.5. The Bertz CT molecular complexity index is 1250. The molecule has 0 aliphatic rings. The molecule has 0 saturated carbocycles. The van der Waals surface area contributed by atoms with Gasteiger partial charge in [-0.2, -0.15) is 5.10 Å². The predicted molar refractivity (Wildman–Crippen MR) is 130 cm³/mol. The summed E-state index contributed by atoms with van der Waals surface area (Å²) >= 11 is 6.16. The molecule has 0 saturated heterocycles. The van der Waals surface area contributed by atoms with Crippen LogP contribution in [0.25, 0.3) is 5.69 Å². The number of aromatic nitrogens is 1. The summed E-state index contributed by atoms with van der Waals surface area (Å²) in [7, 11) is 1.60. The fourth-order valence-electron chi connectivity index (χ4n) is 3.23. The van der Waals surface area contributed by atoms with Gasteiger partial charge in [0.05, 0.1) is 18.3 Å². The lowest BCUT2D eigenvalue weighted by Gasteiger charge is -2.12. The third kappa shape index (κ3) is 5.61. The lowest BCUT2D eigenvalue weighted by atomic mass is 10.1. The summed E-state index contributed by atoms with van der Waals surface area (Å²) in [6, 6.07) is 24.0. The van der Waals surface area contributed by atoms with Gasteiger partial charge in [0.15, 0.2) is 0 Å². The van der Waals surface area contributed by atoms with Crippen LogP contribution in [0.5, 0.6) is 11.5 Å². The zero-order valence-corrected chi connectivity index (χ0v) is 18.7. The van der Waals surface area contributed by atoms with E-state index >= 15 is 0 Å². The molecule has 0 aliphatic carbocycles. The van der Waals surface area contributed by atoms with Crippen LogP contribution in [-0.2, 0) is 6.61 Å². The van der Waals surface area contributed by atoms with Crippen molar-refractivity contribution >= 4 is 23.7 Å². The van der Waals surface area contributed by atoms with E-state index in [0.717, 1.165) is 16.8 Å². The summed E-state index contributed by atoms with van der Waals surface area (Å²) in [5, 5.41) is 4.63. The molecule has 1 amide bonds. The maximum absolute atomic E-state index is 12.4. The van der Waals surface area contributed by atoms with Crippen molar-refractivity contribution < 1.29 is 14.3 Å². The Labute approximate surface area is 197 Å². The molecule has 1 aromatic heterocycles. The Kier molecular flexibility index (Phi) is 7.07. The summed E-state index contributed by atoms with van der Waals surface area (Å²) in [5.74, 6) is 0.988. The number of nitrogens with one attached hydrogen (secondary N) is 1. The van der Waals surface area contributed by atoms with E-state index in [1.807, 2.05) is 71.6 Å². The van der Waals surface area contributed by atoms with Crippen molar-refractivity contribution in [3.05, 3.63) is 113 Å². The molecule has 0 radical (unpaired) electrons. The summed E-state index contributed by atoms with van der Waals surface area (Å²) < 4.78 is 13.2. The highest BCUT2D eigenvalue weighted by molar-refractivity contribution is 6.32. The van der Waals surface area contributed by atoms with E-state index in [1.54, 1.807) is 37.6 Å². The van der Waals surface area contributed by atoms with Gasteiger partial charge in [-0.1, -0.05) is 23.7 Å². The lowest BCUT2D eigenvalue weighted by Crippen LogP contribution is -2.17. The van der Waals surface area contributed by atoms with Crippen LogP contribution in [0.15, 0.2) is 96.4 Å². The minimum absolute atomic E-state index is 0.273. The monoisotopic (exact) mass is 459 g/mol. The lowest BCUT2D eigenvalue weighted by molar-refractivity contribution is 0.0955. The first-order valence-corrected chi connectivity index (χ1v) is 10.6. The quantitative estimate of drug-likeness (QED) is 0.280. The highest BCUT2D eigenvalue weighted by Gasteiger charge is 2.08. The molecule has 0 atom stereocenters. The van der Waals surface area contributed by atoms with E-state index in [4.69, 9.17) is 21.1 Å². The van der Waals surface area contributed by atoms with E-state index < -0.39 is 0 Å². The first-order valence-electron chi connectivity index (χ1n) is 10.2. The Morgan fingerprint density at radius 2 is 1.76 bits per heavy atom. The molecule has 6 nitrogen and oxygen atoms in total. The number of ether oxygens (including phenoxy) is 2. The molecular weight excluding hydrogens is 438 g/mol. The molecule has 4 rings (SSSR count). The van der Waals surface area contributed by atoms with Gasteiger partial charge in [-0.05, 0) is 72.3 Å². The van der Waals surface area contributed by atoms with Crippen LogP contribution in [-0.4, -0.2) is 23.8 Å². The fourth-order valence-corrected chi connectivity index (χ4v) is 3.42. The molecular formula is C26H22ClN3O3. The minimum Gasteiger partial charge on any atom is -0.496 e. The van der Waals surface area contributed by atoms with Gasteiger partial charge in [-0.25, -0.2) is 5.43 Å². The van der Waals surface area contributed by atoms with Gasteiger partial charge in [-0.3, -0.25) is 4.79 Å². The van der Waals surface area contributed by atoms with E-state index in [2.05, 4.69) is 10.5 Å². The second-order valence-electron chi connectivity index (χ2n) is 7.13. The van der Waals surface area contributed by atoms with Gasteiger partial charge < -0.3 is 14.0 Å². The van der Waals surface area contributed by atoms with E-state index in [-0.39, 0.29) is 12.5 Å². The van der Waals surface area contributed by atoms with E-state index in [0.29, 0.717) is 22.1 Å². The predicted octanol–water partition coefficient (Wildman–Crippen LogP) is 5.48. The number of rotatable bonds is 8. The normalized spacial score (nSPS) is 10.8. The van der Waals surface area contributed by atoms with Crippen LogP contribution < -0.4 is 14.9 Å². The van der Waals surface area contributed by atoms with Crippen LogP contribution in [0.1, 0.15) is 21.5 Å². The minimum atomic E-state index is -0.291. The molecule has 1 N–H and O–H groups in total. The van der Waals surface area contributed by atoms with Crippen molar-refractivity contribution in [3.8, 4) is 17.2 Å². The number of halogens is 1. The molecule has 0 unspecified atom stereocenters. The smallest absolute Gasteiger partial charge is 0.271 e. The van der Waals surface area contributed by atoms with Crippen molar-refractivity contribution in [1.29, 1.82) is 0 Å². The van der Waals surface area contributed by atoms with E-state index in [9.17, 15) is 4.79 Å². The van der Waals surface area contributed by atoms with Crippen LogP contribution >= 0.6 is 11.6 Å². The maximum atomic E-state index is 12.4. The summed E-state index contributed by atoms with van der Waals surface area (Å²) in [6.45, 7) is 0.273. The van der Waals surface area contributed by atoms with Gasteiger partial charge in [0.2, 0.25) is 0 Å². The summed E-state index contributed by atoms with van der Waals surface area (Å²) in [4.78, 5) is 12.4. The highest BCUT2D eigenvalue weighted by atomic mass is 35.5. The Hall–Kier alpha value is -4.03.